The van der Waals surface area contributed by atoms with Crippen LogP contribution in [0, 0.1) is 0 Å². The van der Waals surface area contributed by atoms with Gasteiger partial charge in [0, 0.05) is 5.02 Å². The van der Waals surface area contributed by atoms with E-state index in [1.165, 1.54) is 23.4 Å². The van der Waals surface area contributed by atoms with Gasteiger partial charge in [-0.25, -0.2) is 9.67 Å². The number of benzene rings is 1. The first kappa shape index (κ1) is 13.0. The van der Waals surface area contributed by atoms with Gasteiger partial charge in [-0.1, -0.05) is 11.6 Å². The van der Waals surface area contributed by atoms with Crippen LogP contribution in [0.25, 0.3) is 5.69 Å². The Morgan fingerprint density at radius 1 is 1.42 bits per heavy atom. The zero-order valence-corrected chi connectivity index (χ0v) is 10.3. The molecule has 2 N–H and O–H groups in total. The summed E-state index contributed by atoms with van der Waals surface area (Å²) in [4.78, 5) is 25.7. The zero-order chi connectivity index (χ0) is 13.8. The van der Waals surface area contributed by atoms with E-state index in [1.54, 1.807) is 12.1 Å². The van der Waals surface area contributed by atoms with Gasteiger partial charge in [-0.2, -0.15) is 5.10 Å². The third-order valence-corrected chi connectivity index (χ3v) is 2.45. The van der Waals surface area contributed by atoms with Gasteiger partial charge in [-0.3, -0.25) is 9.59 Å². The lowest BCUT2D eigenvalue weighted by Crippen LogP contribution is -2.17. The van der Waals surface area contributed by atoms with Crippen LogP contribution in [0.3, 0.4) is 0 Å². The highest BCUT2D eigenvalue weighted by Crippen LogP contribution is 2.24. The van der Waals surface area contributed by atoms with E-state index in [0.29, 0.717) is 16.4 Å². The predicted molar refractivity (Wildman–Crippen MR) is 67.3 cm³/mol. The van der Waals surface area contributed by atoms with E-state index in [0.717, 1.165) is 0 Å². The predicted octanol–water partition coefficient (Wildman–Crippen LogP) is 1.33. The molecule has 0 aliphatic rings. The Bertz CT molecular complexity index is 612. The number of aliphatic carboxylic acids is 1. The van der Waals surface area contributed by atoms with Crippen molar-refractivity contribution in [1.82, 2.24) is 14.8 Å². The van der Waals surface area contributed by atoms with Crippen molar-refractivity contribution in [2.75, 3.05) is 5.32 Å². The maximum Gasteiger partial charge on any atom is 0.312 e. The quantitative estimate of drug-likeness (QED) is 0.824. The summed E-state index contributed by atoms with van der Waals surface area (Å²) in [6.45, 7) is 0. The molecule has 0 radical (unpaired) electrons. The van der Waals surface area contributed by atoms with Crippen molar-refractivity contribution in [3.63, 3.8) is 0 Å². The molecule has 2 rings (SSSR count). The molecule has 2 aromatic rings. The molecule has 1 amide bonds. The first-order valence-corrected chi connectivity index (χ1v) is 5.60. The lowest BCUT2D eigenvalue weighted by molar-refractivity contribution is -0.139. The molecule has 0 aliphatic carbocycles. The monoisotopic (exact) mass is 280 g/mol. The molecule has 0 atom stereocenters. The van der Waals surface area contributed by atoms with E-state index in [4.69, 9.17) is 16.7 Å². The van der Waals surface area contributed by atoms with Crippen molar-refractivity contribution < 1.29 is 14.7 Å². The number of carbonyl (C=O) groups excluding carboxylic acids is 1. The molecule has 1 heterocycles. The molecule has 0 bridgehead atoms. The molecular weight excluding hydrogens is 272 g/mol. The summed E-state index contributed by atoms with van der Waals surface area (Å²) in [6, 6.07) is 4.79. The van der Waals surface area contributed by atoms with Crippen molar-refractivity contribution in [1.29, 1.82) is 0 Å². The van der Waals surface area contributed by atoms with Crippen LogP contribution in [-0.2, 0) is 9.59 Å². The first-order chi connectivity index (χ1) is 9.06. The molecule has 0 saturated carbocycles. The fourth-order valence-electron chi connectivity index (χ4n) is 1.47. The second-order valence-electron chi connectivity index (χ2n) is 3.62. The van der Waals surface area contributed by atoms with E-state index >= 15 is 0 Å². The highest BCUT2D eigenvalue weighted by molar-refractivity contribution is 6.31. The van der Waals surface area contributed by atoms with Crippen LogP contribution in [0.5, 0.6) is 0 Å². The summed E-state index contributed by atoms with van der Waals surface area (Å²) in [7, 11) is 0. The molecule has 1 aromatic carbocycles. The number of hydrogen-bond acceptors (Lipinski definition) is 4. The molecule has 8 heteroatoms. The van der Waals surface area contributed by atoms with Crippen molar-refractivity contribution in [3.05, 3.63) is 35.9 Å². The highest BCUT2D eigenvalue weighted by atomic mass is 35.5. The first-order valence-electron chi connectivity index (χ1n) is 5.22. The Hall–Kier alpha value is -2.41. The summed E-state index contributed by atoms with van der Waals surface area (Å²) < 4.78 is 1.44. The van der Waals surface area contributed by atoms with Crippen LogP contribution < -0.4 is 5.32 Å². The van der Waals surface area contributed by atoms with E-state index in [2.05, 4.69) is 15.4 Å². The highest BCUT2D eigenvalue weighted by Gasteiger charge is 2.12. The Morgan fingerprint density at radius 3 is 2.84 bits per heavy atom. The van der Waals surface area contributed by atoms with E-state index in [-0.39, 0.29) is 0 Å². The lowest BCUT2D eigenvalue weighted by atomic mass is 10.2. The normalized spacial score (nSPS) is 10.2. The lowest BCUT2D eigenvalue weighted by Gasteiger charge is -2.10. The topological polar surface area (TPSA) is 97.1 Å². The minimum Gasteiger partial charge on any atom is -0.481 e. The van der Waals surface area contributed by atoms with E-state index in [1.807, 2.05) is 0 Å². The van der Waals surface area contributed by atoms with E-state index < -0.39 is 18.3 Å². The third kappa shape index (κ3) is 3.29. The average molecular weight is 281 g/mol. The second-order valence-corrected chi connectivity index (χ2v) is 4.06. The number of nitrogens with zero attached hydrogens (tertiary/aromatic N) is 3. The zero-order valence-electron chi connectivity index (χ0n) is 9.58. The number of rotatable bonds is 4. The number of carboxylic acids is 1. The second kappa shape index (κ2) is 5.49. The van der Waals surface area contributed by atoms with Crippen LogP contribution in [-0.4, -0.2) is 31.7 Å². The number of anilines is 1. The molecule has 0 aliphatic heterocycles. The van der Waals surface area contributed by atoms with Crippen LogP contribution in [0.4, 0.5) is 5.69 Å². The Labute approximate surface area is 112 Å². The van der Waals surface area contributed by atoms with Gasteiger partial charge in [0.25, 0.3) is 0 Å². The summed E-state index contributed by atoms with van der Waals surface area (Å²) in [5, 5.41) is 15.4. The molecule has 0 spiro atoms. The van der Waals surface area contributed by atoms with Crippen molar-refractivity contribution in [2.24, 2.45) is 0 Å². The molecular formula is C11H9ClN4O3. The van der Waals surface area contributed by atoms with Crippen molar-refractivity contribution >= 4 is 29.2 Å². The molecule has 1 aromatic heterocycles. The maximum absolute atomic E-state index is 11.5. The minimum atomic E-state index is -1.21. The fraction of sp³-hybridized carbons (Fsp3) is 0.0909. The van der Waals surface area contributed by atoms with Gasteiger partial charge in [0.2, 0.25) is 5.91 Å². The van der Waals surface area contributed by atoms with Gasteiger partial charge in [0.15, 0.2) is 0 Å². The third-order valence-electron chi connectivity index (χ3n) is 2.21. The summed E-state index contributed by atoms with van der Waals surface area (Å²) in [5.74, 6) is -1.85. The molecule has 0 saturated heterocycles. The average Bonchev–Trinajstić information content (AvgIpc) is 2.81. The maximum atomic E-state index is 11.5. The number of hydrogen-bond donors (Lipinski definition) is 2. The van der Waals surface area contributed by atoms with E-state index in [9.17, 15) is 9.59 Å². The molecule has 98 valence electrons. The number of carboxylic acid groups (broad SMARTS) is 1. The van der Waals surface area contributed by atoms with Gasteiger partial charge in [-0.15, -0.1) is 0 Å². The Kier molecular flexibility index (Phi) is 3.76. The standard InChI is InChI=1S/C11H9ClN4O3/c12-7-1-2-9(16-6-13-5-14-16)8(3-7)15-10(17)4-11(18)19/h1-3,5-6H,4H2,(H,15,17)(H,18,19). The molecule has 0 unspecified atom stereocenters. The Balaban J connectivity index is 2.30. The van der Waals surface area contributed by atoms with Gasteiger partial charge >= 0.3 is 5.97 Å². The van der Waals surface area contributed by atoms with Crippen molar-refractivity contribution in [3.8, 4) is 5.69 Å². The fourth-order valence-corrected chi connectivity index (χ4v) is 1.64. The minimum absolute atomic E-state index is 0.365. The smallest absolute Gasteiger partial charge is 0.312 e. The van der Waals surface area contributed by atoms with Gasteiger partial charge in [0.1, 0.15) is 19.1 Å². The SMILES string of the molecule is O=C(O)CC(=O)Nc1cc(Cl)ccc1-n1cncn1. The van der Waals surface area contributed by atoms with Crippen LogP contribution >= 0.6 is 11.6 Å². The van der Waals surface area contributed by atoms with Crippen LogP contribution in [0.15, 0.2) is 30.9 Å². The molecule has 0 fully saturated rings. The van der Waals surface area contributed by atoms with Gasteiger partial charge in [0.05, 0.1) is 11.4 Å². The van der Waals surface area contributed by atoms with Crippen LogP contribution in [0.2, 0.25) is 5.02 Å². The largest absolute Gasteiger partial charge is 0.481 e. The summed E-state index contributed by atoms with van der Waals surface area (Å²) in [6.07, 6.45) is 2.18. The van der Waals surface area contributed by atoms with Gasteiger partial charge < -0.3 is 10.4 Å². The number of aromatic nitrogens is 3. The number of amides is 1. The number of nitrogens with one attached hydrogen (secondary N) is 1. The number of halogens is 1. The van der Waals surface area contributed by atoms with Crippen molar-refractivity contribution in [2.45, 2.75) is 6.42 Å². The number of carbonyl (C=O) groups is 2. The van der Waals surface area contributed by atoms with Crippen LogP contribution in [0.1, 0.15) is 6.42 Å². The molecule has 7 nitrogen and oxygen atoms in total. The van der Waals surface area contributed by atoms with Gasteiger partial charge in [-0.05, 0) is 18.2 Å². The summed E-state index contributed by atoms with van der Waals surface area (Å²) in [5.41, 5.74) is 0.907. The Morgan fingerprint density at radius 2 is 2.21 bits per heavy atom. The summed E-state index contributed by atoms with van der Waals surface area (Å²) >= 11 is 5.85. The molecule has 19 heavy (non-hydrogen) atoms.